The van der Waals surface area contributed by atoms with Gasteiger partial charge in [-0.2, -0.15) is 0 Å². The second-order valence-corrected chi connectivity index (χ2v) is 8.20. The fraction of sp³-hybridized carbons (Fsp3) is 0.741. The third kappa shape index (κ3) is 26.7. The van der Waals surface area contributed by atoms with Crippen molar-refractivity contribution in [3.8, 4) is 0 Å². The van der Waals surface area contributed by atoms with Gasteiger partial charge >= 0.3 is 5.97 Å². The zero-order chi connectivity index (χ0) is 21.3. The largest absolute Gasteiger partial charge is 0.481 e. The lowest BCUT2D eigenvalue weighted by molar-refractivity contribution is -0.137. The van der Waals surface area contributed by atoms with Gasteiger partial charge in [-0.3, -0.25) is 4.79 Å². The van der Waals surface area contributed by atoms with Gasteiger partial charge in [0.2, 0.25) is 0 Å². The molecule has 2 nitrogen and oxygen atoms in total. The van der Waals surface area contributed by atoms with E-state index in [1.54, 1.807) is 0 Å². The van der Waals surface area contributed by atoms with E-state index in [1.165, 1.54) is 89.9 Å². The van der Waals surface area contributed by atoms with Crippen LogP contribution in [0.15, 0.2) is 36.5 Å². The van der Waals surface area contributed by atoms with Crippen molar-refractivity contribution in [1.82, 2.24) is 0 Å². The lowest BCUT2D eigenvalue weighted by Crippen LogP contribution is -1.93. The molecule has 1 N–H and O–H groups in total. The number of unbranched alkanes of at least 4 members (excludes halogenated alkanes) is 14. The van der Waals surface area contributed by atoms with Crippen LogP contribution >= 0.6 is 0 Å². The summed E-state index contributed by atoms with van der Waals surface area (Å²) in [6.07, 6.45) is 36.6. The van der Waals surface area contributed by atoms with Gasteiger partial charge in [-0.25, -0.2) is 0 Å². The maximum Gasteiger partial charge on any atom is 0.303 e. The average molecular weight is 405 g/mol. The van der Waals surface area contributed by atoms with E-state index in [0.29, 0.717) is 6.42 Å². The number of hydrogen-bond acceptors (Lipinski definition) is 1. The fourth-order valence-electron chi connectivity index (χ4n) is 3.42. The molecule has 168 valence electrons. The predicted molar refractivity (Wildman–Crippen MR) is 128 cm³/mol. The Morgan fingerprint density at radius 1 is 0.552 bits per heavy atom. The molecule has 0 amide bonds. The van der Waals surface area contributed by atoms with Gasteiger partial charge in [0.1, 0.15) is 0 Å². The molecule has 29 heavy (non-hydrogen) atoms. The van der Waals surface area contributed by atoms with E-state index >= 15 is 0 Å². The Kier molecular flexibility index (Phi) is 23.6. The van der Waals surface area contributed by atoms with Crippen LogP contribution in [-0.2, 0) is 4.79 Å². The molecule has 0 saturated carbocycles. The summed E-state index contributed by atoms with van der Waals surface area (Å²) < 4.78 is 0. The monoisotopic (exact) mass is 404 g/mol. The number of rotatable bonds is 22. The normalized spacial score (nSPS) is 12.0. The highest BCUT2D eigenvalue weighted by molar-refractivity contribution is 5.66. The number of aliphatic carboxylic acids is 1. The molecule has 0 aromatic rings. The van der Waals surface area contributed by atoms with Crippen molar-refractivity contribution < 1.29 is 9.90 Å². The van der Waals surface area contributed by atoms with E-state index in [2.05, 4.69) is 43.4 Å². The van der Waals surface area contributed by atoms with Gasteiger partial charge < -0.3 is 5.11 Å². The first-order valence-electron chi connectivity index (χ1n) is 12.4. The van der Waals surface area contributed by atoms with Crippen molar-refractivity contribution in [2.75, 3.05) is 0 Å². The minimum absolute atomic E-state index is 0.331. The van der Waals surface area contributed by atoms with Crippen molar-refractivity contribution in [2.24, 2.45) is 0 Å². The maximum absolute atomic E-state index is 10.4. The summed E-state index contributed by atoms with van der Waals surface area (Å²) in [5.74, 6) is -0.663. The zero-order valence-corrected chi connectivity index (χ0v) is 19.3. The molecule has 0 fully saturated rings. The Morgan fingerprint density at radius 3 is 1.38 bits per heavy atom. The molecule has 0 rings (SSSR count). The van der Waals surface area contributed by atoms with Crippen molar-refractivity contribution in [3.05, 3.63) is 36.5 Å². The van der Waals surface area contributed by atoms with Crippen LogP contribution in [0.2, 0.25) is 0 Å². The summed E-state index contributed by atoms with van der Waals surface area (Å²) in [5.41, 5.74) is 0. The van der Waals surface area contributed by atoms with Crippen molar-refractivity contribution in [1.29, 1.82) is 0 Å². The van der Waals surface area contributed by atoms with Gasteiger partial charge in [-0.15, -0.1) is 0 Å². The second kappa shape index (κ2) is 24.7. The van der Waals surface area contributed by atoms with Gasteiger partial charge in [-0.1, -0.05) is 114 Å². The standard InChI is InChI=1S/C27H48O2/c1-2-3-4-5-6-7-8-9-10-11-12-13-14-15-16-17-18-19-20-21-22-23-24-25-26-27(28)29/h9-10,12-13,15-16H,2-8,11,14,17-26H2,1H3,(H,28,29). The lowest BCUT2D eigenvalue weighted by atomic mass is 10.1. The van der Waals surface area contributed by atoms with Gasteiger partial charge in [0.25, 0.3) is 0 Å². The third-order valence-corrected chi connectivity index (χ3v) is 5.28. The number of carbonyl (C=O) groups is 1. The highest BCUT2D eigenvalue weighted by Gasteiger charge is 1.96. The van der Waals surface area contributed by atoms with Crippen LogP contribution in [0.5, 0.6) is 0 Å². The Bertz CT molecular complexity index is 420. The summed E-state index contributed by atoms with van der Waals surface area (Å²) >= 11 is 0. The Labute approximate surface area is 181 Å². The van der Waals surface area contributed by atoms with Crippen LogP contribution in [0.1, 0.15) is 129 Å². The van der Waals surface area contributed by atoms with Crippen LogP contribution in [0, 0.1) is 0 Å². The van der Waals surface area contributed by atoms with E-state index in [-0.39, 0.29) is 0 Å². The molecule has 0 atom stereocenters. The van der Waals surface area contributed by atoms with Crippen LogP contribution < -0.4 is 0 Å². The summed E-state index contributed by atoms with van der Waals surface area (Å²) in [7, 11) is 0. The van der Waals surface area contributed by atoms with Gasteiger partial charge in [0, 0.05) is 6.42 Å². The van der Waals surface area contributed by atoms with E-state index in [4.69, 9.17) is 5.11 Å². The summed E-state index contributed by atoms with van der Waals surface area (Å²) in [4.78, 5) is 10.4. The molecule has 0 aliphatic heterocycles. The van der Waals surface area contributed by atoms with E-state index in [0.717, 1.165) is 25.7 Å². The molecule has 2 heteroatoms. The van der Waals surface area contributed by atoms with E-state index in [9.17, 15) is 4.79 Å². The Hall–Kier alpha value is -1.31. The van der Waals surface area contributed by atoms with Crippen LogP contribution in [0.3, 0.4) is 0 Å². The molecule has 0 saturated heterocycles. The third-order valence-electron chi connectivity index (χ3n) is 5.28. The molecule has 0 aliphatic carbocycles. The number of carboxylic acid groups (broad SMARTS) is 1. The molecule has 0 bridgehead atoms. The second-order valence-electron chi connectivity index (χ2n) is 8.20. The number of hydrogen-bond donors (Lipinski definition) is 1. The molecule has 0 aromatic heterocycles. The first-order chi connectivity index (χ1) is 14.3. The molecular weight excluding hydrogens is 356 g/mol. The highest BCUT2D eigenvalue weighted by Crippen LogP contribution is 2.11. The topological polar surface area (TPSA) is 37.3 Å². The molecule has 0 unspecified atom stereocenters. The summed E-state index contributed by atoms with van der Waals surface area (Å²) in [5, 5.41) is 8.58. The van der Waals surface area contributed by atoms with Gasteiger partial charge in [0.05, 0.1) is 0 Å². The highest BCUT2D eigenvalue weighted by atomic mass is 16.4. The van der Waals surface area contributed by atoms with Crippen molar-refractivity contribution in [2.45, 2.75) is 129 Å². The fourth-order valence-corrected chi connectivity index (χ4v) is 3.42. The maximum atomic E-state index is 10.4. The lowest BCUT2D eigenvalue weighted by Gasteiger charge is -2.00. The SMILES string of the molecule is CCCCCCCCC=CCC=CCC=CCCCCCCCCCCC(=O)O. The summed E-state index contributed by atoms with van der Waals surface area (Å²) in [6.45, 7) is 2.27. The van der Waals surface area contributed by atoms with Crippen LogP contribution in [-0.4, -0.2) is 11.1 Å². The van der Waals surface area contributed by atoms with Gasteiger partial charge in [-0.05, 0) is 44.9 Å². The smallest absolute Gasteiger partial charge is 0.303 e. The van der Waals surface area contributed by atoms with Gasteiger partial charge in [0.15, 0.2) is 0 Å². The van der Waals surface area contributed by atoms with Crippen LogP contribution in [0.4, 0.5) is 0 Å². The number of carboxylic acids is 1. The van der Waals surface area contributed by atoms with E-state index in [1.807, 2.05) is 0 Å². The molecule has 0 aromatic carbocycles. The average Bonchev–Trinajstić information content (AvgIpc) is 2.71. The molecule has 0 heterocycles. The first-order valence-corrected chi connectivity index (χ1v) is 12.4. The molecule has 0 aliphatic rings. The van der Waals surface area contributed by atoms with Crippen molar-refractivity contribution >= 4 is 5.97 Å². The van der Waals surface area contributed by atoms with Crippen LogP contribution in [0.25, 0.3) is 0 Å². The molecule has 0 spiro atoms. The molecular formula is C27H48O2. The number of allylic oxidation sites excluding steroid dienone is 6. The molecule has 0 radical (unpaired) electrons. The Balaban J connectivity index is 3.25. The van der Waals surface area contributed by atoms with E-state index < -0.39 is 5.97 Å². The quantitative estimate of drug-likeness (QED) is 0.144. The first kappa shape index (κ1) is 27.7. The summed E-state index contributed by atoms with van der Waals surface area (Å²) in [6, 6.07) is 0. The predicted octanol–water partition coefficient (Wildman–Crippen LogP) is 9.17. The Morgan fingerprint density at radius 2 is 0.931 bits per heavy atom. The minimum Gasteiger partial charge on any atom is -0.481 e. The minimum atomic E-state index is -0.663. The van der Waals surface area contributed by atoms with Crippen molar-refractivity contribution in [3.63, 3.8) is 0 Å². The zero-order valence-electron chi connectivity index (χ0n) is 19.3.